The second-order valence-electron chi connectivity index (χ2n) is 5.10. The summed E-state index contributed by atoms with van der Waals surface area (Å²) in [5, 5.41) is 4.31. The summed E-state index contributed by atoms with van der Waals surface area (Å²) in [5.74, 6) is 0. The molecule has 1 aromatic rings. The average molecular weight is 316 g/mol. The first-order valence-corrected chi connectivity index (χ1v) is 8.87. The molecule has 0 spiro atoms. The number of rotatable bonds is 7. The number of aryl methyl sites for hydroxylation is 1. The van der Waals surface area contributed by atoms with Crippen LogP contribution in [0.3, 0.4) is 0 Å². The van der Waals surface area contributed by atoms with Crippen molar-refractivity contribution in [2.75, 3.05) is 26.2 Å². The topological polar surface area (TPSA) is 90.5 Å². The molecule has 0 aromatic carbocycles. The van der Waals surface area contributed by atoms with E-state index in [1.807, 2.05) is 6.92 Å². The molecule has 1 aliphatic heterocycles. The van der Waals surface area contributed by atoms with Gasteiger partial charge in [0.2, 0.25) is 0 Å². The average Bonchev–Trinajstić information content (AvgIpc) is 2.97. The van der Waals surface area contributed by atoms with E-state index in [9.17, 15) is 8.42 Å². The van der Waals surface area contributed by atoms with Crippen LogP contribution in [0.2, 0.25) is 0 Å². The van der Waals surface area contributed by atoms with Crippen LogP contribution < -0.4 is 5.73 Å². The van der Waals surface area contributed by atoms with E-state index in [-0.39, 0.29) is 11.1 Å². The number of hydrogen-bond acceptors (Lipinski definition) is 5. The van der Waals surface area contributed by atoms with Gasteiger partial charge in [-0.3, -0.25) is 4.68 Å². The number of aromatic nitrogens is 2. The Bertz CT molecular complexity index is 535. The second-order valence-corrected chi connectivity index (χ2v) is 6.99. The summed E-state index contributed by atoms with van der Waals surface area (Å²) in [6, 6.07) is 1.56. The molecule has 0 aliphatic carbocycles. The molecular formula is C13H24N4O3S. The highest BCUT2D eigenvalue weighted by Crippen LogP contribution is 2.22. The zero-order valence-electron chi connectivity index (χ0n) is 12.4. The van der Waals surface area contributed by atoms with Crippen LogP contribution in [0.25, 0.3) is 0 Å². The van der Waals surface area contributed by atoms with Crippen molar-refractivity contribution in [2.24, 2.45) is 5.73 Å². The van der Waals surface area contributed by atoms with Crippen molar-refractivity contribution < 1.29 is 13.2 Å². The van der Waals surface area contributed by atoms with E-state index in [2.05, 4.69) is 5.10 Å². The van der Waals surface area contributed by atoms with Gasteiger partial charge in [0, 0.05) is 26.2 Å². The number of sulfonamides is 1. The van der Waals surface area contributed by atoms with Gasteiger partial charge < -0.3 is 10.5 Å². The number of hydrogen-bond donors (Lipinski definition) is 1. The van der Waals surface area contributed by atoms with Crippen molar-refractivity contribution >= 4 is 10.0 Å². The van der Waals surface area contributed by atoms with Crippen molar-refractivity contribution in [2.45, 2.75) is 43.9 Å². The largest absolute Gasteiger partial charge is 0.378 e. The first kappa shape index (κ1) is 16.4. The molecule has 1 aliphatic rings. The molecule has 2 N–H and O–H groups in total. The lowest BCUT2D eigenvalue weighted by Crippen LogP contribution is -2.41. The van der Waals surface area contributed by atoms with Gasteiger partial charge in [-0.25, -0.2) is 8.42 Å². The minimum absolute atomic E-state index is 0.138. The fourth-order valence-corrected chi connectivity index (χ4v) is 4.11. The standard InChI is InChI=1S/C13H24N4O3S/c1-2-17-13(4-8-15-17)21(18,19)16-9-5-12(6-10-16)20-11-3-7-14/h4,8,12H,2-3,5-7,9-11,14H2,1H3. The Hall–Kier alpha value is -0.960. The van der Waals surface area contributed by atoms with Crippen molar-refractivity contribution in [1.29, 1.82) is 0 Å². The van der Waals surface area contributed by atoms with Crippen LogP contribution in [0.1, 0.15) is 26.2 Å². The first-order chi connectivity index (χ1) is 10.1. The van der Waals surface area contributed by atoms with Crippen LogP contribution in [0.4, 0.5) is 0 Å². The van der Waals surface area contributed by atoms with Gasteiger partial charge in [0.25, 0.3) is 10.0 Å². The quantitative estimate of drug-likeness (QED) is 0.736. The molecule has 0 radical (unpaired) electrons. The zero-order valence-corrected chi connectivity index (χ0v) is 13.3. The molecule has 0 unspecified atom stereocenters. The highest BCUT2D eigenvalue weighted by molar-refractivity contribution is 7.89. The predicted molar refractivity (Wildman–Crippen MR) is 79.3 cm³/mol. The second kappa shape index (κ2) is 7.35. The smallest absolute Gasteiger partial charge is 0.260 e. The maximum Gasteiger partial charge on any atom is 0.260 e. The van der Waals surface area contributed by atoms with E-state index < -0.39 is 10.0 Å². The molecule has 120 valence electrons. The van der Waals surface area contributed by atoms with Crippen molar-refractivity contribution in [1.82, 2.24) is 14.1 Å². The fourth-order valence-electron chi connectivity index (χ4n) is 2.48. The third-order valence-corrected chi connectivity index (χ3v) is 5.60. The van der Waals surface area contributed by atoms with Crippen LogP contribution in [0.15, 0.2) is 17.3 Å². The van der Waals surface area contributed by atoms with E-state index >= 15 is 0 Å². The minimum Gasteiger partial charge on any atom is -0.378 e. The van der Waals surface area contributed by atoms with Gasteiger partial charge in [-0.1, -0.05) is 0 Å². The molecule has 0 amide bonds. The van der Waals surface area contributed by atoms with Crippen LogP contribution in [-0.2, 0) is 21.3 Å². The van der Waals surface area contributed by atoms with Crippen LogP contribution in [-0.4, -0.2) is 54.8 Å². The summed E-state index contributed by atoms with van der Waals surface area (Å²) in [6.07, 6.45) is 3.96. The van der Waals surface area contributed by atoms with Crippen molar-refractivity contribution in [3.05, 3.63) is 12.3 Å². The maximum absolute atomic E-state index is 12.6. The van der Waals surface area contributed by atoms with Gasteiger partial charge in [0.05, 0.1) is 12.3 Å². The number of nitrogens with two attached hydrogens (primary N) is 1. The molecule has 8 heteroatoms. The molecule has 0 bridgehead atoms. The highest BCUT2D eigenvalue weighted by atomic mass is 32.2. The maximum atomic E-state index is 12.6. The summed E-state index contributed by atoms with van der Waals surface area (Å²) < 4.78 is 33.9. The predicted octanol–water partition coefficient (Wildman–Crippen LogP) is 0.422. The summed E-state index contributed by atoms with van der Waals surface area (Å²) in [7, 11) is -3.45. The van der Waals surface area contributed by atoms with E-state index in [1.165, 1.54) is 15.2 Å². The van der Waals surface area contributed by atoms with Gasteiger partial charge in [-0.2, -0.15) is 9.40 Å². The Balaban J connectivity index is 1.95. The third-order valence-electron chi connectivity index (χ3n) is 3.68. The summed E-state index contributed by atoms with van der Waals surface area (Å²) in [4.78, 5) is 0. The number of ether oxygens (including phenoxy) is 1. The van der Waals surface area contributed by atoms with Crippen LogP contribution in [0, 0.1) is 0 Å². The fraction of sp³-hybridized carbons (Fsp3) is 0.769. The Labute approximate surface area is 126 Å². The molecule has 21 heavy (non-hydrogen) atoms. The lowest BCUT2D eigenvalue weighted by Gasteiger charge is -2.31. The molecule has 7 nitrogen and oxygen atoms in total. The Morgan fingerprint density at radius 2 is 2.14 bits per heavy atom. The van der Waals surface area contributed by atoms with E-state index in [0.29, 0.717) is 32.8 Å². The van der Waals surface area contributed by atoms with Crippen molar-refractivity contribution in [3.63, 3.8) is 0 Å². The first-order valence-electron chi connectivity index (χ1n) is 7.43. The molecule has 0 atom stereocenters. The SMILES string of the molecule is CCn1nccc1S(=O)(=O)N1CCC(OCCCN)CC1. The van der Waals surface area contributed by atoms with Gasteiger partial charge in [0.15, 0.2) is 5.03 Å². The van der Waals surface area contributed by atoms with Gasteiger partial charge in [0.1, 0.15) is 0 Å². The van der Waals surface area contributed by atoms with E-state index in [4.69, 9.17) is 10.5 Å². The van der Waals surface area contributed by atoms with Gasteiger partial charge in [-0.15, -0.1) is 0 Å². The molecule has 0 saturated carbocycles. The molecule has 2 rings (SSSR count). The zero-order chi connectivity index (χ0) is 15.3. The summed E-state index contributed by atoms with van der Waals surface area (Å²) in [6.45, 7) is 4.67. The molecular weight excluding hydrogens is 292 g/mol. The number of nitrogens with zero attached hydrogens (tertiary/aromatic N) is 3. The highest BCUT2D eigenvalue weighted by Gasteiger charge is 2.31. The van der Waals surface area contributed by atoms with Crippen molar-refractivity contribution in [3.8, 4) is 0 Å². The van der Waals surface area contributed by atoms with Crippen LogP contribution >= 0.6 is 0 Å². The van der Waals surface area contributed by atoms with E-state index in [0.717, 1.165) is 19.3 Å². The van der Waals surface area contributed by atoms with Crippen LogP contribution in [0.5, 0.6) is 0 Å². The Morgan fingerprint density at radius 3 is 2.76 bits per heavy atom. The number of piperidine rings is 1. The molecule has 1 fully saturated rings. The Morgan fingerprint density at radius 1 is 1.43 bits per heavy atom. The monoisotopic (exact) mass is 316 g/mol. The molecule has 1 saturated heterocycles. The third kappa shape index (κ3) is 3.82. The minimum atomic E-state index is -3.45. The Kier molecular flexibility index (Phi) is 5.74. The summed E-state index contributed by atoms with van der Waals surface area (Å²) >= 11 is 0. The van der Waals surface area contributed by atoms with Gasteiger partial charge >= 0.3 is 0 Å². The normalized spacial score (nSPS) is 18.2. The lowest BCUT2D eigenvalue weighted by molar-refractivity contribution is 0.0208. The molecule has 2 heterocycles. The lowest BCUT2D eigenvalue weighted by atomic mass is 10.1. The summed E-state index contributed by atoms with van der Waals surface area (Å²) in [5.41, 5.74) is 5.43. The van der Waals surface area contributed by atoms with Gasteiger partial charge in [-0.05, 0) is 38.8 Å². The molecule has 1 aromatic heterocycles. The van der Waals surface area contributed by atoms with E-state index in [1.54, 1.807) is 6.07 Å².